The second-order valence-corrected chi connectivity index (χ2v) is 6.27. The van der Waals surface area contributed by atoms with Gasteiger partial charge in [-0.15, -0.1) is 0 Å². The zero-order valence-electron chi connectivity index (χ0n) is 11.1. The average molecular weight is 406 g/mol. The smallest absolute Gasteiger partial charge is 0.128 e. The molecule has 2 aromatic rings. The van der Waals surface area contributed by atoms with Crippen molar-refractivity contribution in [2.24, 2.45) is 12.9 Å². The van der Waals surface area contributed by atoms with E-state index in [0.29, 0.717) is 12.0 Å². The van der Waals surface area contributed by atoms with Crippen molar-refractivity contribution in [1.82, 2.24) is 15.2 Å². The van der Waals surface area contributed by atoms with Crippen LogP contribution < -0.4 is 11.3 Å². The van der Waals surface area contributed by atoms with E-state index in [1.54, 1.807) is 16.8 Å². The molecular weight excluding hydrogens is 391 g/mol. The molecule has 0 radical (unpaired) electrons. The molecule has 1 aromatic carbocycles. The summed E-state index contributed by atoms with van der Waals surface area (Å²) >= 11 is 6.86. The lowest BCUT2D eigenvalue weighted by molar-refractivity contribution is 0.496. The standard InChI is InChI=1S/C13H15Br2FN4/c1-7-13(15)12(20(2)19-7)6-11(18-17)9-5-8(14)3-4-10(9)16/h3-5,11,18H,6,17H2,1-2H3. The zero-order valence-corrected chi connectivity index (χ0v) is 14.3. The van der Waals surface area contributed by atoms with Crippen molar-refractivity contribution in [2.45, 2.75) is 19.4 Å². The molecule has 0 saturated carbocycles. The monoisotopic (exact) mass is 404 g/mol. The van der Waals surface area contributed by atoms with Gasteiger partial charge < -0.3 is 0 Å². The van der Waals surface area contributed by atoms with Crippen molar-refractivity contribution in [3.05, 3.63) is 49.9 Å². The van der Waals surface area contributed by atoms with Crippen molar-refractivity contribution < 1.29 is 4.39 Å². The van der Waals surface area contributed by atoms with E-state index in [1.165, 1.54) is 6.07 Å². The SMILES string of the molecule is Cc1nn(C)c(CC(NN)c2cc(Br)ccc2F)c1Br. The Morgan fingerprint density at radius 2 is 2.15 bits per heavy atom. The summed E-state index contributed by atoms with van der Waals surface area (Å²) in [5, 5.41) is 4.33. The third-order valence-corrected chi connectivity index (χ3v) is 4.72. The number of hydrogen-bond acceptors (Lipinski definition) is 3. The number of nitrogens with one attached hydrogen (secondary N) is 1. The third-order valence-electron chi connectivity index (χ3n) is 3.19. The van der Waals surface area contributed by atoms with Crippen molar-refractivity contribution in [3.63, 3.8) is 0 Å². The molecule has 4 nitrogen and oxygen atoms in total. The molecule has 3 N–H and O–H groups in total. The number of aryl methyl sites for hydroxylation is 2. The maximum absolute atomic E-state index is 14.0. The molecule has 0 bridgehead atoms. The van der Waals surface area contributed by atoms with Crippen LogP contribution in [-0.2, 0) is 13.5 Å². The summed E-state index contributed by atoms with van der Waals surface area (Å²) < 4.78 is 17.5. The molecule has 1 aromatic heterocycles. The van der Waals surface area contributed by atoms with Crippen LogP contribution in [0, 0.1) is 12.7 Å². The summed E-state index contributed by atoms with van der Waals surface area (Å²) in [5.74, 6) is 5.32. The Labute approximate surface area is 133 Å². The minimum atomic E-state index is -0.335. The molecule has 0 saturated heterocycles. The number of nitrogens with zero attached hydrogens (tertiary/aromatic N) is 2. The van der Waals surface area contributed by atoms with Gasteiger partial charge in [-0.1, -0.05) is 15.9 Å². The molecule has 0 aliphatic carbocycles. The van der Waals surface area contributed by atoms with Crippen molar-refractivity contribution in [3.8, 4) is 0 Å². The highest BCUT2D eigenvalue weighted by Crippen LogP contribution is 2.28. The molecule has 1 atom stereocenters. The van der Waals surface area contributed by atoms with Crippen LogP contribution in [0.15, 0.2) is 27.1 Å². The fourth-order valence-corrected chi connectivity index (χ4v) is 3.01. The summed E-state index contributed by atoms with van der Waals surface area (Å²) in [6.07, 6.45) is 0.530. The molecule has 0 aliphatic rings. The molecule has 0 spiro atoms. The maximum atomic E-state index is 14.0. The Morgan fingerprint density at radius 1 is 1.45 bits per heavy atom. The van der Waals surface area contributed by atoms with Crippen LogP contribution in [0.5, 0.6) is 0 Å². The van der Waals surface area contributed by atoms with Gasteiger partial charge in [0.2, 0.25) is 0 Å². The summed E-state index contributed by atoms with van der Waals surface area (Å²) in [5.41, 5.74) is 5.06. The van der Waals surface area contributed by atoms with E-state index in [1.807, 2.05) is 14.0 Å². The summed E-state index contributed by atoms with van der Waals surface area (Å²) in [7, 11) is 1.86. The van der Waals surface area contributed by atoms with Gasteiger partial charge in [-0.25, -0.2) is 4.39 Å². The largest absolute Gasteiger partial charge is 0.271 e. The van der Waals surface area contributed by atoms with Crippen LogP contribution in [0.2, 0.25) is 0 Å². The number of aromatic nitrogens is 2. The highest BCUT2D eigenvalue weighted by atomic mass is 79.9. The van der Waals surface area contributed by atoms with Crippen LogP contribution in [0.3, 0.4) is 0 Å². The molecule has 7 heteroatoms. The number of hydrazine groups is 1. The van der Waals surface area contributed by atoms with Gasteiger partial charge in [0, 0.05) is 23.5 Å². The number of nitrogens with two attached hydrogens (primary N) is 1. The molecule has 1 unspecified atom stereocenters. The highest BCUT2D eigenvalue weighted by molar-refractivity contribution is 9.10. The van der Waals surface area contributed by atoms with Crippen LogP contribution >= 0.6 is 31.9 Å². The molecule has 2 rings (SSSR count). The van der Waals surface area contributed by atoms with Gasteiger partial charge in [-0.05, 0) is 41.1 Å². The molecule has 20 heavy (non-hydrogen) atoms. The van der Waals surface area contributed by atoms with Gasteiger partial charge >= 0.3 is 0 Å². The second-order valence-electron chi connectivity index (χ2n) is 4.56. The first kappa shape index (κ1) is 15.6. The Morgan fingerprint density at radius 3 is 2.70 bits per heavy atom. The topological polar surface area (TPSA) is 55.9 Å². The summed E-state index contributed by atoms with van der Waals surface area (Å²) in [6.45, 7) is 1.91. The average Bonchev–Trinajstić information content (AvgIpc) is 2.65. The van der Waals surface area contributed by atoms with Crippen LogP contribution in [0.4, 0.5) is 4.39 Å². The molecular formula is C13H15Br2FN4. The predicted molar refractivity (Wildman–Crippen MR) is 83.5 cm³/mol. The quantitative estimate of drug-likeness (QED) is 0.606. The molecule has 108 valence electrons. The van der Waals surface area contributed by atoms with Crippen molar-refractivity contribution in [2.75, 3.05) is 0 Å². The van der Waals surface area contributed by atoms with Gasteiger partial charge in [0.25, 0.3) is 0 Å². The Bertz CT molecular complexity index is 627. The first-order valence-electron chi connectivity index (χ1n) is 6.03. The van der Waals surface area contributed by atoms with Gasteiger partial charge in [0.15, 0.2) is 0 Å². The Kier molecular flexibility index (Phi) is 4.95. The number of halogens is 3. The summed E-state index contributed by atoms with van der Waals surface area (Å²) in [4.78, 5) is 0. The van der Waals surface area contributed by atoms with E-state index < -0.39 is 0 Å². The Balaban J connectivity index is 2.36. The lowest BCUT2D eigenvalue weighted by Gasteiger charge is -2.18. The van der Waals surface area contributed by atoms with Gasteiger partial charge in [-0.2, -0.15) is 5.10 Å². The van der Waals surface area contributed by atoms with E-state index in [4.69, 9.17) is 5.84 Å². The first-order valence-corrected chi connectivity index (χ1v) is 7.61. The summed E-state index contributed by atoms with van der Waals surface area (Å²) in [6, 6.07) is 4.49. The molecule has 0 amide bonds. The van der Waals surface area contributed by atoms with E-state index in [2.05, 4.69) is 42.4 Å². The lowest BCUT2D eigenvalue weighted by Crippen LogP contribution is -2.31. The van der Waals surface area contributed by atoms with Gasteiger partial charge in [-0.3, -0.25) is 16.0 Å². The van der Waals surface area contributed by atoms with E-state index >= 15 is 0 Å². The minimum Gasteiger partial charge on any atom is -0.271 e. The fraction of sp³-hybridized carbons (Fsp3) is 0.308. The van der Waals surface area contributed by atoms with E-state index in [9.17, 15) is 4.39 Å². The third kappa shape index (κ3) is 3.11. The van der Waals surface area contributed by atoms with Crippen LogP contribution in [0.25, 0.3) is 0 Å². The highest BCUT2D eigenvalue weighted by Gasteiger charge is 2.20. The predicted octanol–water partition coefficient (Wildman–Crippen LogP) is 3.14. The maximum Gasteiger partial charge on any atom is 0.128 e. The number of benzene rings is 1. The minimum absolute atomic E-state index is 0.286. The van der Waals surface area contributed by atoms with E-state index in [0.717, 1.165) is 20.3 Å². The zero-order chi connectivity index (χ0) is 14.9. The van der Waals surface area contributed by atoms with Crippen LogP contribution in [-0.4, -0.2) is 9.78 Å². The van der Waals surface area contributed by atoms with E-state index in [-0.39, 0.29) is 11.9 Å². The first-order chi connectivity index (χ1) is 9.43. The van der Waals surface area contributed by atoms with Crippen LogP contribution in [0.1, 0.15) is 23.0 Å². The van der Waals surface area contributed by atoms with Crippen molar-refractivity contribution >= 4 is 31.9 Å². The number of hydrogen-bond donors (Lipinski definition) is 2. The van der Waals surface area contributed by atoms with Gasteiger partial charge in [0.1, 0.15) is 5.82 Å². The number of rotatable bonds is 4. The lowest BCUT2D eigenvalue weighted by atomic mass is 10.0. The molecule has 0 fully saturated rings. The normalized spacial score (nSPS) is 12.7. The second kappa shape index (κ2) is 6.34. The Hall–Kier alpha value is -0.760. The van der Waals surface area contributed by atoms with Crippen molar-refractivity contribution in [1.29, 1.82) is 0 Å². The van der Waals surface area contributed by atoms with Gasteiger partial charge in [0.05, 0.1) is 21.9 Å². The fourth-order valence-electron chi connectivity index (χ4n) is 2.14. The molecule has 0 aliphatic heterocycles. The molecule has 1 heterocycles.